The molecule has 0 atom stereocenters. The van der Waals surface area contributed by atoms with Crippen molar-refractivity contribution in [2.45, 2.75) is 0 Å². The Balaban J connectivity index is 1.51. The van der Waals surface area contributed by atoms with Crippen molar-refractivity contribution in [3.05, 3.63) is 79.1 Å². The predicted octanol–water partition coefficient (Wildman–Crippen LogP) is 5.90. The largest absolute Gasteiger partial charge is 0.443 e. The van der Waals surface area contributed by atoms with E-state index < -0.39 is 0 Å². The van der Waals surface area contributed by atoms with Gasteiger partial charge in [-0.15, -0.1) is 0 Å². The average Bonchev–Trinajstić information content (AvgIpc) is 3.35. The maximum atomic E-state index is 13.2. The summed E-state index contributed by atoms with van der Waals surface area (Å²) in [5, 5.41) is 3.98. The van der Waals surface area contributed by atoms with Gasteiger partial charge in [0.2, 0.25) is 0 Å². The van der Waals surface area contributed by atoms with Gasteiger partial charge < -0.3 is 9.73 Å². The lowest BCUT2D eigenvalue weighted by atomic mass is 10.1. The summed E-state index contributed by atoms with van der Waals surface area (Å²) < 4.78 is 19.9. The fraction of sp³-hybridized carbons (Fsp3) is 0. The molecule has 0 amide bonds. The number of nitrogens with one attached hydrogen (secondary N) is 1. The molecule has 7 heteroatoms. The molecule has 0 fully saturated rings. The van der Waals surface area contributed by atoms with Gasteiger partial charge in [-0.1, -0.05) is 17.4 Å². The Kier molecular flexibility index (Phi) is 4.06. The van der Waals surface area contributed by atoms with Crippen LogP contribution in [0.2, 0.25) is 0 Å². The van der Waals surface area contributed by atoms with E-state index in [4.69, 9.17) is 4.42 Å². The number of rotatable bonds is 4. The van der Waals surface area contributed by atoms with E-state index in [1.807, 2.05) is 36.4 Å². The highest BCUT2D eigenvalue weighted by Gasteiger charge is 2.15. The van der Waals surface area contributed by atoms with Crippen LogP contribution in [0.25, 0.3) is 32.8 Å². The normalized spacial score (nSPS) is 11.0. The SMILES string of the molecule is Fc1ccc(-c2ncoc2-c2ccc3nc(Nc4ccccn4)sc3c2)cc1. The van der Waals surface area contributed by atoms with Crippen LogP contribution in [0, 0.1) is 5.82 Å². The van der Waals surface area contributed by atoms with Gasteiger partial charge in [-0.3, -0.25) is 0 Å². The number of hydrogen-bond donors (Lipinski definition) is 1. The minimum atomic E-state index is -0.284. The first-order valence-corrected chi connectivity index (χ1v) is 9.36. The van der Waals surface area contributed by atoms with Gasteiger partial charge in [0, 0.05) is 17.3 Å². The molecule has 0 aliphatic heterocycles. The lowest BCUT2D eigenvalue weighted by molar-refractivity contribution is 0.572. The number of pyridine rings is 1. The molecule has 5 rings (SSSR count). The summed E-state index contributed by atoms with van der Waals surface area (Å²) in [5.74, 6) is 1.10. The lowest BCUT2D eigenvalue weighted by Gasteiger charge is -2.02. The van der Waals surface area contributed by atoms with E-state index in [1.165, 1.54) is 29.9 Å². The van der Waals surface area contributed by atoms with Crippen LogP contribution in [0.15, 0.2) is 77.7 Å². The van der Waals surface area contributed by atoms with Gasteiger partial charge in [-0.05, 0) is 54.6 Å². The van der Waals surface area contributed by atoms with Crippen LogP contribution in [-0.2, 0) is 0 Å². The minimum absolute atomic E-state index is 0.284. The van der Waals surface area contributed by atoms with E-state index in [9.17, 15) is 4.39 Å². The Morgan fingerprint density at radius 2 is 1.79 bits per heavy atom. The smallest absolute Gasteiger partial charge is 0.189 e. The summed E-state index contributed by atoms with van der Waals surface area (Å²) in [5.41, 5.74) is 3.25. The maximum absolute atomic E-state index is 13.2. The molecule has 3 heterocycles. The Morgan fingerprint density at radius 1 is 0.929 bits per heavy atom. The summed E-state index contributed by atoms with van der Waals surface area (Å²) in [7, 11) is 0. The first-order valence-electron chi connectivity index (χ1n) is 8.55. The topological polar surface area (TPSA) is 63.8 Å². The van der Waals surface area contributed by atoms with Crippen molar-refractivity contribution < 1.29 is 8.81 Å². The van der Waals surface area contributed by atoms with Crippen molar-refractivity contribution >= 4 is 32.5 Å². The second kappa shape index (κ2) is 6.86. The van der Waals surface area contributed by atoms with Crippen molar-refractivity contribution in [3.63, 3.8) is 0 Å². The molecule has 0 unspecified atom stereocenters. The third kappa shape index (κ3) is 3.12. The van der Waals surface area contributed by atoms with Gasteiger partial charge in [0.1, 0.15) is 17.3 Å². The average molecular weight is 388 g/mol. The molecule has 3 aromatic heterocycles. The number of nitrogens with zero attached hydrogens (tertiary/aromatic N) is 3. The summed E-state index contributed by atoms with van der Waals surface area (Å²) in [6.07, 6.45) is 3.13. The maximum Gasteiger partial charge on any atom is 0.189 e. The van der Waals surface area contributed by atoms with Crippen molar-refractivity contribution in [2.75, 3.05) is 5.32 Å². The van der Waals surface area contributed by atoms with Gasteiger partial charge in [0.25, 0.3) is 0 Å². The Morgan fingerprint density at radius 3 is 2.61 bits per heavy atom. The number of halogens is 1. The zero-order valence-corrected chi connectivity index (χ0v) is 15.3. The van der Waals surface area contributed by atoms with E-state index >= 15 is 0 Å². The van der Waals surface area contributed by atoms with E-state index in [1.54, 1.807) is 18.3 Å². The summed E-state index contributed by atoms with van der Waals surface area (Å²) in [4.78, 5) is 13.2. The van der Waals surface area contributed by atoms with Crippen LogP contribution in [0.4, 0.5) is 15.3 Å². The summed E-state index contributed by atoms with van der Waals surface area (Å²) in [6.45, 7) is 0. The van der Waals surface area contributed by atoms with Crippen LogP contribution in [0.5, 0.6) is 0 Å². The van der Waals surface area contributed by atoms with Crippen LogP contribution < -0.4 is 5.32 Å². The summed E-state index contributed by atoms with van der Waals surface area (Å²) in [6, 6.07) is 17.8. The predicted molar refractivity (Wildman–Crippen MR) is 108 cm³/mol. The second-order valence-corrected chi connectivity index (χ2v) is 7.11. The van der Waals surface area contributed by atoms with Crippen LogP contribution in [0.3, 0.4) is 0 Å². The van der Waals surface area contributed by atoms with Gasteiger partial charge >= 0.3 is 0 Å². The highest BCUT2D eigenvalue weighted by molar-refractivity contribution is 7.22. The molecule has 28 heavy (non-hydrogen) atoms. The number of fused-ring (bicyclic) bond motifs is 1. The number of oxazole rings is 1. The number of thiazole rings is 1. The fourth-order valence-corrected chi connectivity index (χ4v) is 3.84. The molecular formula is C21H13FN4OS. The standard InChI is InChI=1S/C21H13FN4OS/c22-15-7-4-13(5-8-15)19-20(27-12-24-19)14-6-9-16-17(11-14)28-21(25-16)26-18-3-1-2-10-23-18/h1-12H,(H,23,25,26). The lowest BCUT2D eigenvalue weighted by Crippen LogP contribution is -1.90. The number of anilines is 2. The third-order valence-corrected chi connectivity index (χ3v) is 5.17. The van der Waals surface area contributed by atoms with Crippen LogP contribution in [0.1, 0.15) is 0 Å². The molecule has 0 aliphatic rings. The highest BCUT2D eigenvalue weighted by atomic mass is 32.1. The Labute approximate surface area is 163 Å². The molecule has 0 bridgehead atoms. The number of benzene rings is 2. The first-order chi connectivity index (χ1) is 13.8. The van der Waals surface area contributed by atoms with E-state index in [0.717, 1.165) is 32.3 Å². The summed E-state index contributed by atoms with van der Waals surface area (Å²) >= 11 is 1.53. The van der Waals surface area contributed by atoms with Crippen LogP contribution >= 0.6 is 11.3 Å². The molecule has 136 valence electrons. The molecule has 0 aliphatic carbocycles. The van der Waals surface area contributed by atoms with Gasteiger partial charge in [-0.2, -0.15) is 0 Å². The molecule has 0 saturated heterocycles. The molecule has 5 nitrogen and oxygen atoms in total. The fourth-order valence-electron chi connectivity index (χ4n) is 2.93. The molecular weight excluding hydrogens is 375 g/mol. The van der Waals surface area contributed by atoms with Crippen molar-refractivity contribution in [1.82, 2.24) is 15.0 Å². The Bertz CT molecular complexity index is 1250. The number of hydrogen-bond acceptors (Lipinski definition) is 6. The molecule has 2 aromatic carbocycles. The minimum Gasteiger partial charge on any atom is -0.443 e. The zero-order valence-electron chi connectivity index (χ0n) is 14.5. The quantitative estimate of drug-likeness (QED) is 0.415. The van der Waals surface area contributed by atoms with Crippen molar-refractivity contribution in [3.8, 4) is 22.6 Å². The van der Waals surface area contributed by atoms with Gasteiger partial charge in [-0.25, -0.2) is 19.3 Å². The van der Waals surface area contributed by atoms with E-state index in [-0.39, 0.29) is 5.82 Å². The third-order valence-electron chi connectivity index (χ3n) is 4.24. The monoisotopic (exact) mass is 388 g/mol. The van der Waals surface area contributed by atoms with Gasteiger partial charge in [0.15, 0.2) is 17.3 Å². The van der Waals surface area contributed by atoms with Crippen molar-refractivity contribution in [1.29, 1.82) is 0 Å². The molecule has 0 spiro atoms. The first kappa shape index (κ1) is 16.6. The van der Waals surface area contributed by atoms with Crippen LogP contribution in [-0.4, -0.2) is 15.0 Å². The second-order valence-electron chi connectivity index (χ2n) is 6.08. The number of aromatic nitrogens is 3. The molecule has 1 N–H and O–H groups in total. The zero-order chi connectivity index (χ0) is 18.9. The van der Waals surface area contributed by atoms with Crippen molar-refractivity contribution in [2.24, 2.45) is 0 Å². The molecule has 0 radical (unpaired) electrons. The molecule has 0 saturated carbocycles. The Hall–Kier alpha value is -3.58. The highest BCUT2D eigenvalue weighted by Crippen LogP contribution is 2.35. The van der Waals surface area contributed by atoms with E-state index in [2.05, 4.69) is 20.3 Å². The molecule has 5 aromatic rings. The van der Waals surface area contributed by atoms with Gasteiger partial charge in [0.05, 0.1) is 10.2 Å². The van der Waals surface area contributed by atoms with E-state index in [0.29, 0.717) is 11.5 Å².